The van der Waals surface area contributed by atoms with Crippen LogP contribution in [-0.4, -0.2) is 61.9 Å². The second kappa shape index (κ2) is 5.87. The van der Waals surface area contributed by atoms with E-state index in [0.29, 0.717) is 5.76 Å². The fourth-order valence-electron chi connectivity index (χ4n) is 1.98. The summed E-state index contributed by atoms with van der Waals surface area (Å²) in [6.07, 6.45) is 5.03. The lowest BCUT2D eigenvalue weighted by atomic mass is 9.95. The molecule has 7 heteroatoms. The molecule has 2 heterocycles. The number of β-lactam (4-membered cyclic amide) rings is 1. The summed E-state index contributed by atoms with van der Waals surface area (Å²) in [5, 5.41) is 10.5. The normalized spacial score (nSPS) is 23.2. The van der Waals surface area contributed by atoms with Crippen LogP contribution in [0.1, 0.15) is 5.76 Å². The highest BCUT2D eigenvalue weighted by Gasteiger charge is 2.46. The first-order chi connectivity index (χ1) is 9.13. The molecule has 1 N–H and O–H groups in total. The van der Waals surface area contributed by atoms with Crippen molar-refractivity contribution in [3.8, 4) is 0 Å². The summed E-state index contributed by atoms with van der Waals surface area (Å²) in [4.78, 5) is 27.9. The van der Waals surface area contributed by atoms with Crippen LogP contribution in [0.5, 0.6) is 0 Å². The van der Waals surface area contributed by atoms with E-state index in [2.05, 4.69) is 4.99 Å². The average molecular weight is 276 g/mol. The Morgan fingerprint density at radius 3 is 3.00 bits per heavy atom. The van der Waals surface area contributed by atoms with Gasteiger partial charge in [-0.1, -0.05) is 11.2 Å². The van der Waals surface area contributed by atoms with Gasteiger partial charge in [0.1, 0.15) is 12.3 Å². The topological polar surface area (TPSA) is 83.1 Å². The van der Waals surface area contributed by atoms with Gasteiger partial charge in [-0.25, -0.2) is 0 Å². The molecule has 19 heavy (non-hydrogen) atoms. The van der Waals surface area contributed by atoms with Crippen molar-refractivity contribution in [2.45, 2.75) is 12.1 Å². The van der Waals surface area contributed by atoms with Gasteiger partial charge in [-0.15, -0.1) is 0 Å². The van der Waals surface area contributed by atoms with Crippen LogP contribution in [0.15, 0.2) is 33.9 Å². The summed E-state index contributed by atoms with van der Waals surface area (Å²) < 4.78 is 5.15. The monoisotopic (exact) mass is 276 g/mol. The first kappa shape index (κ1) is 13.6. The molecule has 1 aliphatic heterocycles. The van der Waals surface area contributed by atoms with E-state index in [-0.39, 0.29) is 18.5 Å². The van der Waals surface area contributed by atoms with E-state index < -0.39 is 12.0 Å². The van der Waals surface area contributed by atoms with Crippen LogP contribution in [0.2, 0.25) is 0 Å². The van der Waals surface area contributed by atoms with Gasteiger partial charge >= 0.3 is 5.97 Å². The Balaban J connectivity index is 2.12. The van der Waals surface area contributed by atoms with Crippen LogP contribution < -0.4 is 0 Å². The maximum absolute atomic E-state index is 11.8. The first-order valence-corrected chi connectivity index (χ1v) is 7.00. The highest BCUT2D eigenvalue weighted by Crippen LogP contribution is 2.24. The van der Waals surface area contributed by atoms with Gasteiger partial charge in [0.05, 0.1) is 12.3 Å². The predicted octanol–water partition coefficient (Wildman–Crippen LogP) is -0.382. The van der Waals surface area contributed by atoms with Crippen molar-refractivity contribution >= 4 is 39.3 Å². The Bertz CT molecular complexity index is 524. The zero-order valence-corrected chi connectivity index (χ0v) is 12.4. The molecular formula is C12H13AlN2O4. The molecule has 1 saturated heterocycles. The number of aliphatic imine (C=N–C) groups is 1. The van der Waals surface area contributed by atoms with Crippen molar-refractivity contribution in [2.75, 3.05) is 6.54 Å². The van der Waals surface area contributed by atoms with Gasteiger partial charge in [0.25, 0.3) is 22.2 Å². The van der Waals surface area contributed by atoms with Crippen molar-refractivity contribution in [3.63, 3.8) is 0 Å². The Labute approximate surface area is 117 Å². The number of nitrogens with zero attached hydrogens (tertiary/aromatic N) is 2. The molecule has 1 fully saturated rings. The number of carbonyl (C=O) groups is 2. The fraction of sp³-hybridized carbons (Fsp3) is 0.250. The molecule has 0 unspecified atom stereocenters. The standard InChI is InChI=1S/C12H11N2O4.Al.2H/c1-13-11-9(5-4-8-3-2-6-18-8)14(12(11)17)7-10(15)16;;;/h1-6,9,11H,7H2,(H,15,16);;;/b5-4+,13-1?;;;/t9-,11+;;;/m0.../s1. The molecule has 6 nitrogen and oxygen atoms in total. The van der Waals surface area contributed by atoms with Crippen LogP contribution >= 0.6 is 0 Å². The van der Waals surface area contributed by atoms with E-state index in [1.165, 1.54) is 4.90 Å². The fourth-order valence-corrected chi connectivity index (χ4v) is 2.30. The van der Waals surface area contributed by atoms with Gasteiger partial charge in [0.15, 0.2) is 6.04 Å². The molecular weight excluding hydrogens is 263 g/mol. The summed E-state index contributed by atoms with van der Waals surface area (Å²) in [6.45, 7) is -0.306. The number of aliphatic carboxylic acids is 1. The number of amides is 1. The van der Waals surface area contributed by atoms with E-state index in [9.17, 15) is 9.59 Å². The molecule has 1 amide bonds. The van der Waals surface area contributed by atoms with Crippen LogP contribution in [0.25, 0.3) is 6.08 Å². The van der Waals surface area contributed by atoms with Crippen molar-refractivity contribution in [1.82, 2.24) is 4.90 Å². The number of hydrogen-bond acceptors (Lipinski definition) is 4. The largest absolute Gasteiger partial charge is 0.480 e. The minimum Gasteiger partial charge on any atom is -0.480 e. The lowest BCUT2D eigenvalue weighted by Gasteiger charge is -2.42. The van der Waals surface area contributed by atoms with Gasteiger partial charge in [-0.2, -0.15) is 0 Å². The van der Waals surface area contributed by atoms with E-state index in [1.807, 2.05) is 0 Å². The van der Waals surface area contributed by atoms with Crippen molar-refractivity contribution in [3.05, 3.63) is 30.2 Å². The lowest BCUT2D eigenvalue weighted by Crippen LogP contribution is -2.64. The average Bonchev–Trinajstić information content (AvgIpc) is 2.88. The number of likely N-dealkylation sites (tertiary alicyclic amines) is 1. The third kappa shape index (κ3) is 2.95. The zero-order chi connectivity index (χ0) is 13.8. The molecule has 98 valence electrons. The Morgan fingerprint density at radius 2 is 2.42 bits per heavy atom. The highest BCUT2D eigenvalue weighted by molar-refractivity contribution is 6.50. The third-order valence-corrected chi connectivity index (χ3v) is 3.13. The maximum atomic E-state index is 11.8. The summed E-state index contributed by atoms with van der Waals surface area (Å²) in [7, 11) is 0. The lowest BCUT2D eigenvalue weighted by molar-refractivity contribution is -0.154. The van der Waals surface area contributed by atoms with Gasteiger partial charge in [0.2, 0.25) is 0 Å². The smallest absolute Gasteiger partial charge is 0.323 e. The molecule has 0 aliphatic carbocycles. The van der Waals surface area contributed by atoms with Crippen LogP contribution in [0.3, 0.4) is 0 Å². The van der Waals surface area contributed by atoms with Crippen molar-refractivity contribution < 1.29 is 19.1 Å². The molecule has 0 aromatic carbocycles. The number of carboxylic acid groups (broad SMARTS) is 1. The summed E-state index contributed by atoms with van der Waals surface area (Å²) in [5.41, 5.74) is 0. The van der Waals surface area contributed by atoms with Gasteiger partial charge < -0.3 is 19.4 Å². The minimum atomic E-state index is -1.03. The van der Waals surface area contributed by atoms with Gasteiger partial charge in [0, 0.05) is 0 Å². The van der Waals surface area contributed by atoms with E-state index in [0.717, 1.165) is 16.3 Å². The number of carbonyl (C=O) groups excluding carboxylic acids is 1. The number of furan rings is 1. The highest BCUT2D eigenvalue weighted by atomic mass is 27.0. The van der Waals surface area contributed by atoms with Crippen molar-refractivity contribution in [1.29, 1.82) is 0 Å². The Kier molecular flexibility index (Phi) is 4.20. The Morgan fingerprint density at radius 1 is 1.63 bits per heavy atom. The molecule has 0 saturated carbocycles. The zero-order valence-electron chi connectivity index (χ0n) is 10.4. The third-order valence-electron chi connectivity index (χ3n) is 2.84. The molecule has 2 rings (SSSR count). The molecule has 1 aromatic heterocycles. The van der Waals surface area contributed by atoms with Crippen LogP contribution in [0, 0.1) is 0 Å². The molecule has 1 aromatic rings. The van der Waals surface area contributed by atoms with E-state index >= 15 is 0 Å². The first-order valence-electron chi connectivity index (χ1n) is 5.85. The number of hydrogen-bond donors (Lipinski definition) is 1. The van der Waals surface area contributed by atoms with E-state index in [1.54, 1.807) is 35.6 Å². The second-order valence-corrected chi connectivity index (χ2v) is 4.59. The summed E-state index contributed by atoms with van der Waals surface area (Å²) in [6, 6.07) is 2.72. The molecule has 2 atom stereocenters. The molecule has 0 bridgehead atoms. The SMILES string of the molecule is O=C(O)CN1C(=O)[C@H](N=[CH][AlH2])[C@@H]1/C=C/c1ccco1. The molecule has 1 aliphatic rings. The summed E-state index contributed by atoms with van der Waals surface area (Å²) in [5.74, 6) is -0.620. The minimum absolute atomic E-state index is 0.247. The molecule has 0 spiro atoms. The van der Waals surface area contributed by atoms with Crippen LogP contribution in [0.4, 0.5) is 0 Å². The van der Waals surface area contributed by atoms with E-state index in [4.69, 9.17) is 9.52 Å². The predicted molar refractivity (Wildman–Crippen MR) is 71.7 cm³/mol. The number of rotatable bonds is 5. The van der Waals surface area contributed by atoms with Gasteiger partial charge in [-0.3, -0.25) is 9.59 Å². The Hall–Kier alpha value is -1.84. The number of carboxylic acids is 1. The maximum Gasteiger partial charge on any atom is 0.323 e. The van der Waals surface area contributed by atoms with Crippen LogP contribution in [-0.2, 0) is 9.59 Å². The van der Waals surface area contributed by atoms with Crippen molar-refractivity contribution in [2.24, 2.45) is 4.99 Å². The summed E-state index contributed by atoms with van der Waals surface area (Å²) >= 11 is 0.762. The second-order valence-electron chi connectivity index (χ2n) is 4.08. The molecule has 0 radical (unpaired) electrons. The quantitative estimate of drug-likeness (QED) is 0.451. The van der Waals surface area contributed by atoms with Gasteiger partial charge in [-0.05, 0) is 18.2 Å².